The summed E-state index contributed by atoms with van der Waals surface area (Å²) in [5, 5.41) is 0. The third-order valence-electron chi connectivity index (χ3n) is 2.34. The van der Waals surface area contributed by atoms with Crippen molar-refractivity contribution in [3.63, 3.8) is 0 Å². The number of hydrogen-bond acceptors (Lipinski definition) is 2. The Morgan fingerprint density at radius 1 is 1.43 bits per heavy atom. The third-order valence-corrected chi connectivity index (χ3v) is 2.34. The maximum absolute atomic E-state index is 13.1. The first-order valence-electron chi connectivity index (χ1n) is 4.81. The van der Waals surface area contributed by atoms with Crippen molar-refractivity contribution in [2.45, 2.75) is 6.42 Å². The van der Waals surface area contributed by atoms with Gasteiger partial charge in [-0.25, -0.2) is 4.39 Å². The van der Waals surface area contributed by atoms with Gasteiger partial charge < -0.3 is 9.47 Å². The van der Waals surface area contributed by atoms with Crippen molar-refractivity contribution in [1.29, 1.82) is 0 Å². The molecule has 1 atom stereocenters. The van der Waals surface area contributed by atoms with Crippen molar-refractivity contribution in [1.82, 2.24) is 0 Å². The zero-order chi connectivity index (χ0) is 9.80. The van der Waals surface area contributed by atoms with E-state index in [-0.39, 0.29) is 5.82 Å². The van der Waals surface area contributed by atoms with E-state index in [4.69, 9.17) is 9.47 Å². The number of ether oxygens (including phenoxy) is 2. The largest absolute Gasteiger partial charge is 0.490 e. The van der Waals surface area contributed by atoms with E-state index < -0.39 is 0 Å². The number of para-hydroxylation sites is 1. The van der Waals surface area contributed by atoms with Gasteiger partial charge in [0, 0.05) is 12.5 Å². The van der Waals surface area contributed by atoms with E-state index in [2.05, 4.69) is 0 Å². The van der Waals surface area contributed by atoms with Crippen molar-refractivity contribution < 1.29 is 13.9 Å². The van der Waals surface area contributed by atoms with Gasteiger partial charge >= 0.3 is 0 Å². The van der Waals surface area contributed by atoms with Crippen LogP contribution in [0.3, 0.4) is 0 Å². The summed E-state index contributed by atoms with van der Waals surface area (Å²) in [4.78, 5) is 0. The van der Waals surface area contributed by atoms with Crippen LogP contribution in [0, 0.1) is 11.7 Å². The highest BCUT2D eigenvalue weighted by Gasteiger charge is 2.16. The zero-order valence-corrected chi connectivity index (χ0v) is 7.91. The van der Waals surface area contributed by atoms with E-state index in [1.807, 2.05) is 0 Å². The minimum atomic E-state index is -0.300. The maximum Gasteiger partial charge on any atom is 0.165 e. The van der Waals surface area contributed by atoms with Crippen molar-refractivity contribution in [3.8, 4) is 5.75 Å². The number of rotatable bonds is 3. The van der Waals surface area contributed by atoms with Gasteiger partial charge in [0.2, 0.25) is 0 Å². The Balaban J connectivity index is 1.88. The molecule has 0 amide bonds. The molecule has 1 aliphatic heterocycles. The Morgan fingerprint density at radius 2 is 2.29 bits per heavy atom. The molecule has 2 nitrogen and oxygen atoms in total. The fourth-order valence-electron chi connectivity index (χ4n) is 1.48. The van der Waals surface area contributed by atoms with Crippen LogP contribution in [0.5, 0.6) is 5.75 Å². The van der Waals surface area contributed by atoms with Crippen LogP contribution < -0.4 is 4.74 Å². The predicted molar refractivity (Wildman–Crippen MR) is 50.8 cm³/mol. The van der Waals surface area contributed by atoms with E-state index in [1.54, 1.807) is 18.2 Å². The smallest absolute Gasteiger partial charge is 0.165 e. The number of hydrogen-bond donors (Lipinski definition) is 0. The molecule has 1 aromatic carbocycles. The van der Waals surface area contributed by atoms with Gasteiger partial charge in [-0.15, -0.1) is 0 Å². The fourth-order valence-corrected chi connectivity index (χ4v) is 1.48. The minimum absolute atomic E-state index is 0.300. The van der Waals surface area contributed by atoms with Gasteiger partial charge in [-0.3, -0.25) is 0 Å². The normalized spacial score (nSPS) is 21.1. The van der Waals surface area contributed by atoms with E-state index in [1.165, 1.54) is 6.07 Å². The Kier molecular flexibility index (Phi) is 2.99. The Labute approximate surface area is 82.6 Å². The van der Waals surface area contributed by atoms with Crippen molar-refractivity contribution in [3.05, 3.63) is 30.1 Å². The van der Waals surface area contributed by atoms with Gasteiger partial charge in [0.1, 0.15) is 0 Å². The summed E-state index contributed by atoms with van der Waals surface area (Å²) in [6, 6.07) is 6.47. The van der Waals surface area contributed by atoms with Gasteiger partial charge in [-0.05, 0) is 18.6 Å². The molecular weight excluding hydrogens is 183 g/mol. The van der Waals surface area contributed by atoms with Gasteiger partial charge in [-0.2, -0.15) is 0 Å². The highest BCUT2D eigenvalue weighted by Crippen LogP contribution is 2.18. The second-order valence-electron chi connectivity index (χ2n) is 3.47. The van der Waals surface area contributed by atoms with Crippen LogP contribution in [0.2, 0.25) is 0 Å². The monoisotopic (exact) mass is 196 g/mol. The van der Waals surface area contributed by atoms with Crippen molar-refractivity contribution in [2.24, 2.45) is 5.92 Å². The highest BCUT2D eigenvalue weighted by atomic mass is 19.1. The molecular formula is C11H13FO2. The summed E-state index contributed by atoms with van der Waals surface area (Å²) in [5.41, 5.74) is 0. The molecule has 0 saturated carbocycles. The molecule has 1 aromatic rings. The van der Waals surface area contributed by atoms with Crippen LogP contribution in [0.1, 0.15) is 6.42 Å². The number of halogens is 1. The first-order valence-corrected chi connectivity index (χ1v) is 4.81. The predicted octanol–water partition coefficient (Wildman–Crippen LogP) is 2.24. The van der Waals surface area contributed by atoms with Gasteiger partial charge in [0.15, 0.2) is 11.6 Å². The molecule has 0 bridgehead atoms. The summed E-state index contributed by atoms with van der Waals surface area (Å²) in [6.07, 6.45) is 1.01. The first kappa shape index (κ1) is 9.46. The molecule has 1 heterocycles. The molecule has 0 N–H and O–H groups in total. The zero-order valence-electron chi connectivity index (χ0n) is 7.91. The number of benzene rings is 1. The van der Waals surface area contributed by atoms with Crippen LogP contribution in [-0.4, -0.2) is 19.8 Å². The van der Waals surface area contributed by atoms with Crippen LogP contribution in [0.15, 0.2) is 24.3 Å². The lowest BCUT2D eigenvalue weighted by Gasteiger charge is -2.10. The lowest BCUT2D eigenvalue weighted by Crippen LogP contribution is -2.12. The second kappa shape index (κ2) is 4.42. The average molecular weight is 196 g/mol. The molecule has 1 fully saturated rings. The molecule has 1 saturated heterocycles. The third kappa shape index (κ3) is 2.23. The summed E-state index contributed by atoms with van der Waals surface area (Å²) >= 11 is 0. The fraction of sp³-hybridized carbons (Fsp3) is 0.455. The molecule has 0 aromatic heterocycles. The molecule has 3 heteroatoms. The molecule has 0 spiro atoms. The van der Waals surface area contributed by atoms with E-state index in [9.17, 15) is 4.39 Å². The SMILES string of the molecule is Fc1ccccc1OCC1CCOC1. The summed E-state index contributed by atoms with van der Waals surface area (Å²) in [5.74, 6) is 0.445. The maximum atomic E-state index is 13.1. The second-order valence-corrected chi connectivity index (χ2v) is 3.47. The van der Waals surface area contributed by atoms with Gasteiger partial charge in [-0.1, -0.05) is 12.1 Å². The molecule has 76 valence electrons. The summed E-state index contributed by atoms with van der Waals surface area (Å²) in [6.45, 7) is 2.07. The van der Waals surface area contributed by atoms with E-state index in [0.717, 1.165) is 19.6 Å². The Morgan fingerprint density at radius 3 is 3.00 bits per heavy atom. The quantitative estimate of drug-likeness (QED) is 0.738. The van der Waals surface area contributed by atoms with Crippen LogP contribution in [0.4, 0.5) is 4.39 Å². The topological polar surface area (TPSA) is 18.5 Å². The van der Waals surface area contributed by atoms with Crippen molar-refractivity contribution >= 4 is 0 Å². The summed E-state index contributed by atoms with van der Waals surface area (Å²) in [7, 11) is 0. The lowest BCUT2D eigenvalue weighted by molar-refractivity contribution is 0.165. The average Bonchev–Trinajstić information content (AvgIpc) is 2.69. The van der Waals surface area contributed by atoms with E-state index >= 15 is 0 Å². The molecule has 2 rings (SSSR count). The molecule has 1 aliphatic rings. The molecule has 14 heavy (non-hydrogen) atoms. The Bertz CT molecular complexity index is 295. The van der Waals surface area contributed by atoms with Crippen LogP contribution in [0.25, 0.3) is 0 Å². The summed E-state index contributed by atoms with van der Waals surface area (Å²) < 4.78 is 23.7. The molecule has 0 aliphatic carbocycles. The van der Waals surface area contributed by atoms with Gasteiger partial charge in [0.25, 0.3) is 0 Å². The molecule has 1 unspecified atom stereocenters. The first-order chi connectivity index (χ1) is 6.86. The van der Waals surface area contributed by atoms with E-state index in [0.29, 0.717) is 18.3 Å². The standard InChI is InChI=1S/C11H13FO2/c12-10-3-1-2-4-11(10)14-8-9-5-6-13-7-9/h1-4,9H,5-8H2. The highest BCUT2D eigenvalue weighted by molar-refractivity contribution is 5.23. The lowest BCUT2D eigenvalue weighted by atomic mass is 10.1. The van der Waals surface area contributed by atoms with Gasteiger partial charge in [0.05, 0.1) is 13.2 Å². The van der Waals surface area contributed by atoms with Crippen molar-refractivity contribution in [2.75, 3.05) is 19.8 Å². The molecule has 0 radical (unpaired) electrons. The van der Waals surface area contributed by atoms with Crippen LogP contribution >= 0.6 is 0 Å². The van der Waals surface area contributed by atoms with Crippen LogP contribution in [-0.2, 0) is 4.74 Å². The Hall–Kier alpha value is -1.09. The minimum Gasteiger partial charge on any atom is -0.490 e.